The quantitative estimate of drug-likeness (QED) is 0.918. The molecule has 1 aromatic rings. The standard InChI is InChI=1S/C16H24N2O2/c1-12(9-17)15(19)18-10-14(20-11-16(18,2)3)13-7-5-4-6-8-13/h4-8,12,14H,9-11,17H2,1-3H3. The summed E-state index contributed by atoms with van der Waals surface area (Å²) in [4.78, 5) is 14.4. The first-order valence-corrected chi connectivity index (χ1v) is 7.14. The Morgan fingerprint density at radius 2 is 2.10 bits per heavy atom. The van der Waals surface area contributed by atoms with Crippen LogP contribution in [0.3, 0.4) is 0 Å². The molecule has 2 rings (SSSR count). The van der Waals surface area contributed by atoms with Crippen LogP contribution >= 0.6 is 0 Å². The third-order valence-corrected chi connectivity index (χ3v) is 3.93. The van der Waals surface area contributed by atoms with Crippen LogP contribution in [0.2, 0.25) is 0 Å². The minimum Gasteiger partial charge on any atom is -0.369 e. The number of morpholine rings is 1. The molecule has 1 aromatic carbocycles. The number of hydrogen-bond donors (Lipinski definition) is 1. The van der Waals surface area contributed by atoms with Crippen molar-refractivity contribution in [2.45, 2.75) is 32.4 Å². The van der Waals surface area contributed by atoms with Gasteiger partial charge in [-0.3, -0.25) is 4.79 Å². The summed E-state index contributed by atoms with van der Waals surface area (Å²) in [6.45, 7) is 7.45. The highest BCUT2D eigenvalue weighted by molar-refractivity contribution is 5.79. The second kappa shape index (κ2) is 5.94. The summed E-state index contributed by atoms with van der Waals surface area (Å²) in [6, 6.07) is 10.0. The highest BCUT2D eigenvalue weighted by atomic mass is 16.5. The highest BCUT2D eigenvalue weighted by Crippen LogP contribution is 2.31. The zero-order valence-corrected chi connectivity index (χ0v) is 12.5. The molecule has 0 aromatic heterocycles. The number of rotatable bonds is 3. The second-order valence-electron chi connectivity index (χ2n) is 6.11. The molecule has 1 saturated heterocycles. The van der Waals surface area contributed by atoms with Crippen molar-refractivity contribution in [1.29, 1.82) is 0 Å². The fourth-order valence-electron chi connectivity index (χ4n) is 2.47. The third-order valence-electron chi connectivity index (χ3n) is 3.93. The van der Waals surface area contributed by atoms with Crippen LogP contribution in [0.1, 0.15) is 32.4 Å². The van der Waals surface area contributed by atoms with Crippen LogP contribution in [0.5, 0.6) is 0 Å². The van der Waals surface area contributed by atoms with E-state index in [1.807, 2.05) is 56.0 Å². The molecule has 1 fully saturated rings. The Balaban J connectivity index is 2.18. The Hall–Kier alpha value is -1.39. The summed E-state index contributed by atoms with van der Waals surface area (Å²) in [7, 11) is 0. The van der Waals surface area contributed by atoms with E-state index in [2.05, 4.69) is 0 Å². The molecule has 4 heteroatoms. The molecule has 0 saturated carbocycles. The first-order valence-electron chi connectivity index (χ1n) is 7.14. The fourth-order valence-corrected chi connectivity index (χ4v) is 2.47. The van der Waals surface area contributed by atoms with Gasteiger partial charge in [-0.05, 0) is 19.4 Å². The molecule has 2 atom stereocenters. The average Bonchev–Trinajstić information content (AvgIpc) is 2.46. The highest BCUT2D eigenvalue weighted by Gasteiger charge is 2.39. The Morgan fingerprint density at radius 3 is 2.70 bits per heavy atom. The van der Waals surface area contributed by atoms with Crippen molar-refractivity contribution >= 4 is 5.91 Å². The number of carbonyl (C=O) groups excluding carboxylic acids is 1. The Kier molecular flexibility index (Phi) is 4.45. The lowest BCUT2D eigenvalue weighted by Crippen LogP contribution is -2.58. The van der Waals surface area contributed by atoms with Crippen molar-refractivity contribution in [1.82, 2.24) is 4.90 Å². The van der Waals surface area contributed by atoms with Crippen molar-refractivity contribution in [3.05, 3.63) is 35.9 Å². The van der Waals surface area contributed by atoms with E-state index in [1.54, 1.807) is 0 Å². The summed E-state index contributed by atoms with van der Waals surface area (Å²) < 4.78 is 5.95. The molecule has 2 N–H and O–H groups in total. The summed E-state index contributed by atoms with van der Waals surface area (Å²) in [5.74, 6) is -0.0365. The van der Waals surface area contributed by atoms with E-state index in [9.17, 15) is 4.79 Å². The molecular weight excluding hydrogens is 252 g/mol. The monoisotopic (exact) mass is 276 g/mol. The van der Waals surface area contributed by atoms with Crippen molar-refractivity contribution in [2.24, 2.45) is 11.7 Å². The van der Waals surface area contributed by atoms with Gasteiger partial charge in [-0.1, -0.05) is 37.3 Å². The predicted molar refractivity (Wildman–Crippen MR) is 79.1 cm³/mol. The molecule has 2 unspecified atom stereocenters. The summed E-state index contributed by atoms with van der Waals surface area (Å²) >= 11 is 0. The van der Waals surface area contributed by atoms with Crippen molar-refractivity contribution < 1.29 is 9.53 Å². The number of carbonyl (C=O) groups is 1. The van der Waals surface area contributed by atoms with E-state index in [0.29, 0.717) is 19.7 Å². The molecule has 0 bridgehead atoms. The Morgan fingerprint density at radius 1 is 1.45 bits per heavy atom. The molecular formula is C16H24N2O2. The molecule has 1 heterocycles. The fraction of sp³-hybridized carbons (Fsp3) is 0.562. The number of amides is 1. The second-order valence-corrected chi connectivity index (χ2v) is 6.11. The van der Waals surface area contributed by atoms with Gasteiger partial charge in [0.1, 0.15) is 6.10 Å². The zero-order valence-electron chi connectivity index (χ0n) is 12.5. The zero-order chi connectivity index (χ0) is 14.8. The number of ether oxygens (including phenoxy) is 1. The van der Waals surface area contributed by atoms with Gasteiger partial charge in [0.05, 0.1) is 18.7 Å². The Labute approximate surface area is 120 Å². The smallest absolute Gasteiger partial charge is 0.227 e. The van der Waals surface area contributed by atoms with E-state index >= 15 is 0 Å². The lowest BCUT2D eigenvalue weighted by Gasteiger charge is -2.46. The van der Waals surface area contributed by atoms with Crippen molar-refractivity contribution in [3.63, 3.8) is 0 Å². The Bertz CT molecular complexity index is 459. The summed E-state index contributed by atoms with van der Waals surface area (Å²) in [5.41, 5.74) is 6.46. The minimum absolute atomic E-state index is 0.0573. The molecule has 1 amide bonds. The van der Waals surface area contributed by atoms with Crippen LogP contribution in [0, 0.1) is 5.92 Å². The number of benzene rings is 1. The van der Waals surface area contributed by atoms with Gasteiger partial charge in [0.15, 0.2) is 0 Å². The van der Waals surface area contributed by atoms with Crippen LogP contribution in [-0.2, 0) is 9.53 Å². The molecule has 20 heavy (non-hydrogen) atoms. The molecule has 0 radical (unpaired) electrons. The van der Waals surface area contributed by atoms with Crippen molar-refractivity contribution in [3.8, 4) is 0 Å². The maximum absolute atomic E-state index is 12.5. The van der Waals surface area contributed by atoms with Crippen LogP contribution in [0.25, 0.3) is 0 Å². The number of hydrogen-bond acceptors (Lipinski definition) is 3. The van der Waals surface area contributed by atoms with Gasteiger partial charge in [0, 0.05) is 12.5 Å². The van der Waals surface area contributed by atoms with Gasteiger partial charge >= 0.3 is 0 Å². The molecule has 1 aliphatic rings. The van der Waals surface area contributed by atoms with Crippen LogP contribution in [0.4, 0.5) is 0 Å². The molecule has 4 nitrogen and oxygen atoms in total. The van der Waals surface area contributed by atoms with E-state index < -0.39 is 0 Å². The summed E-state index contributed by atoms with van der Waals surface area (Å²) in [5, 5.41) is 0. The van der Waals surface area contributed by atoms with Gasteiger partial charge in [-0.2, -0.15) is 0 Å². The van der Waals surface area contributed by atoms with Crippen LogP contribution in [-0.4, -0.2) is 36.0 Å². The van der Waals surface area contributed by atoms with Crippen LogP contribution < -0.4 is 5.73 Å². The van der Waals surface area contributed by atoms with Crippen molar-refractivity contribution in [2.75, 3.05) is 19.7 Å². The first-order chi connectivity index (χ1) is 9.45. The van der Waals surface area contributed by atoms with Gasteiger partial charge in [-0.25, -0.2) is 0 Å². The van der Waals surface area contributed by atoms with Gasteiger partial charge < -0.3 is 15.4 Å². The third kappa shape index (κ3) is 3.02. The van der Waals surface area contributed by atoms with Crippen LogP contribution in [0.15, 0.2) is 30.3 Å². The first kappa shape index (κ1) is 15.0. The van der Waals surface area contributed by atoms with E-state index in [-0.39, 0.29) is 23.5 Å². The number of nitrogens with two attached hydrogens (primary N) is 1. The van der Waals surface area contributed by atoms with Gasteiger partial charge in [0.2, 0.25) is 5.91 Å². The maximum Gasteiger partial charge on any atom is 0.227 e. The van der Waals surface area contributed by atoms with Gasteiger partial charge in [0.25, 0.3) is 0 Å². The average molecular weight is 276 g/mol. The molecule has 110 valence electrons. The van der Waals surface area contributed by atoms with E-state index in [0.717, 1.165) is 5.56 Å². The predicted octanol–water partition coefficient (Wildman–Crippen LogP) is 1.96. The topological polar surface area (TPSA) is 55.6 Å². The maximum atomic E-state index is 12.5. The molecule has 0 spiro atoms. The lowest BCUT2D eigenvalue weighted by atomic mass is 9.96. The minimum atomic E-state index is -0.286. The van der Waals surface area contributed by atoms with E-state index in [4.69, 9.17) is 10.5 Å². The number of nitrogens with zero attached hydrogens (tertiary/aromatic N) is 1. The lowest BCUT2D eigenvalue weighted by molar-refractivity contribution is -0.158. The largest absolute Gasteiger partial charge is 0.369 e. The normalized spacial score (nSPS) is 23.4. The van der Waals surface area contributed by atoms with E-state index in [1.165, 1.54) is 0 Å². The molecule has 1 aliphatic heterocycles. The molecule has 0 aliphatic carbocycles. The van der Waals surface area contributed by atoms with Gasteiger partial charge in [-0.15, -0.1) is 0 Å². The SMILES string of the molecule is CC(CN)C(=O)N1CC(c2ccccc2)OCC1(C)C. The summed E-state index contributed by atoms with van der Waals surface area (Å²) in [6.07, 6.45) is -0.0573.